The smallest absolute Gasteiger partial charge is 0.312 e. The van der Waals surface area contributed by atoms with Crippen LogP contribution in [-0.2, 0) is 23.8 Å². The molecule has 2 bridgehead atoms. The molecule has 2 aliphatic heterocycles. The summed E-state index contributed by atoms with van der Waals surface area (Å²) >= 11 is 0. The standard InChI is InChI=1S/C12H16O5/c1-3-15-11(13)9-7-5-6-8(17-7)10(9)12(14)16-4-2/h5-10H,3-4H2,1-2H3/t7-,8+,9-,10-/m1/s1. The van der Waals surface area contributed by atoms with Gasteiger partial charge in [-0.1, -0.05) is 12.2 Å². The van der Waals surface area contributed by atoms with Gasteiger partial charge in [-0.15, -0.1) is 0 Å². The number of esters is 2. The largest absolute Gasteiger partial charge is 0.466 e. The molecule has 2 rings (SSSR count). The van der Waals surface area contributed by atoms with Crippen LogP contribution in [-0.4, -0.2) is 37.4 Å². The Morgan fingerprint density at radius 3 is 1.76 bits per heavy atom. The van der Waals surface area contributed by atoms with E-state index in [0.29, 0.717) is 13.2 Å². The lowest BCUT2D eigenvalue weighted by Gasteiger charge is -2.21. The maximum atomic E-state index is 11.8. The molecule has 0 aromatic heterocycles. The highest BCUT2D eigenvalue weighted by atomic mass is 16.6. The third-order valence-electron chi connectivity index (χ3n) is 3.02. The van der Waals surface area contributed by atoms with Crippen molar-refractivity contribution in [2.75, 3.05) is 13.2 Å². The van der Waals surface area contributed by atoms with Gasteiger partial charge >= 0.3 is 11.9 Å². The van der Waals surface area contributed by atoms with Gasteiger partial charge in [0.1, 0.15) is 11.8 Å². The zero-order valence-electron chi connectivity index (χ0n) is 9.92. The molecule has 0 spiro atoms. The van der Waals surface area contributed by atoms with E-state index < -0.39 is 11.8 Å². The minimum atomic E-state index is -0.566. The van der Waals surface area contributed by atoms with Crippen molar-refractivity contribution >= 4 is 11.9 Å². The second-order valence-corrected chi connectivity index (χ2v) is 4.01. The average Bonchev–Trinajstić information content (AvgIpc) is 2.89. The number of carbonyl (C=O) groups is 2. The van der Waals surface area contributed by atoms with E-state index >= 15 is 0 Å². The van der Waals surface area contributed by atoms with Crippen LogP contribution < -0.4 is 0 Å². The molecular weight excluding hydrogens is 224 g/mol. The number of rotatable bonds is 4. The first kappa shape index (κ1) is 12.1. The third kappa shape index (κ3) is 2.07. The maximum Gasteiger partial charge on any atom is 0.312 e. The number of hydrogen-bond acceptors (Lipinski definition) is 5. The highest BCUT2D eigenvalue weighted by Crippen LogP contribution is 2.40. The van der Waals surface area contributed by atoms with Crippen LogP contribution in [0.5, 0.6) is 0 Å². The van der Waals surface area contributed by atoms with Crippen LogP contribution in [0.3, 0.4) is 0 Å². The van der Waals surface area contributed by atoms with E-state index in [1.54, 1.807) is 13.8 Å². The molecule has 0 radical (unpaired) electrons. The van der Waals surface area contributed by atoms with Crippen LogP contribution in [0.1, 0.15) is 13.8 Å². The monoisotopic (exact) mass is 240 g/mol. The fraction of sp³-hybridized carbons (Fsp3) is 0.667. The Morgan fingerprint density at radius 1 is 1.00 bits per heavy atom. The summed E-state index contributed by atoms with van der Waals surface area (Å²) in [5.41, 5.74) is 0. The molecule has 2 heterocycles. The highest BCUT2D eigenvalue weighted by Gasteiger charge is 2.54. The zero-order chi connectivity index (χ0) is 12.4. The molecular formula is C12H16O5. The van der Waals surface area contributed by atoms with Crippen LogP contribution in [0, 0.1) is 11.8 Å². The lowest BCUT2D eigenvalue weighted by Crippen LogP contribution is -2.38. The fourth-order valence-electron chi connectivity index (χ4n) is 2.35. The van der Waals surface area contributed by atoms with Gasteiger partial charge in [0, 0.05) is 0 Å². The molecule has 1 fully saturated rings. The molecule has 1 saturated heterocycles. The topological polar surface area (TPSA) is 61.8 Å². The summed E-state index contributed by atoms with van der Waals surface area (Å²) in [4.78, 5) is 23.6. The minimum absolute atomic E-state index is 0.298. The van der Waals surface area contributed by atoms with Crippen molar-refractivity contribution in [3.05, 3.63) is 12.2 Å². The van der Waals surface area contributed by atoms with Gasteiger partial charge in [0.05, 0.1) is 25.4 Å². The molecule has 4 atom stereocenters. The molecule has 0 N–H and O–H groups in total. The van der Waals surface area contributed by atoms with Gasteiger partial charge in [-0.2, -0.15) is 0 Å². The van der Waals surface area contributed by atoms with E-state index in [4.69, 9.17) is 14.2 Å². The molecule has 0 aromatic rings. The van der Waals surface area contributed by atoms with Crippen LogP contribution in [0.2, 0.25) is 0 Å². The summed E-state index contributed by atoms with van der Waals surface area (Å²) in [5, 5.41) is 0. The predicted molar refractivity (Wildman–Crippen MR) is 58.0 cm³/mol. The fourth-order valence-corrected chi connectivity index (χ4v) is 2.35. The van der Waals surface area contributed by atoms with Crippen molar-refractivity contribution in [1.82, 2.24) is 0 Å². The van der Waals surface area contributed by atoms with E-state index in [1.165, 1.54) is 0 Å². The summed E-state index contributed by atoms with van der Waals surface area (Å²) in [6.07, 6.45) is 2.91. The summed E-state index contributed by atoms with van der Waals surface area (Å²) in [6.45, 7) is 4.07. The number of ether oxygens (including phenoxy) is 3. The minimum Gasteiger partial charge on any atom is -0.466 e. The van der Waals surface area contributed by atoms with E-state index in [-0.39, 0.29) is 24.1 Å². The lowest BCUT2D eigenvalue weighted by atomic mass is 9.83. The first-order chi connectivity index (χ1) is 8.19. The Balaban J connectivity index is 2.14. The molecule has 0 aliphatic carbocycles. The molecule has 0 amide bonds. The van der Waals surface area contributed by atoms with Gasteiger partial charge in [-0.05, 0) is 13.8 Å². The van der Waals surface area contributed by atoms with E-state index in [9.17, 15) is 9.59 Å². The van der Waals surface area contributed by atoms with Crippen molar-refractivity contribution in [1.29, 1.82) is 0 Å². The number of fused-ring (bicyclic) bond motifs is 2. The van der Waals surface area contributed by atoms with Crippen molar-refractivity contribution in [3.8, 4) is 0 Å². The van der Waals surface area contributed by atoms with Crippen molar-refractivity contribution in [2.24, 2.45) is 11.8 Å². The third-order valence-corrected chi connectivity index (χ3v) is 3.02. The molecule has 0 saturated carbocycles. The lowest BCUT2D eigenvalue weighted by molar-refractivity contribution is -0.159. The Bertz CT molecular complexity index is 317. The Morgan fingerprint density at radius 2 is 1.41 bits per heavy atom. The maximum absolute atomic E-state index is 11.8. The molecule has 0 unspecified atom stereocenters. The zero-order valence-corrected chi connectivity index (χ0v) is 9.92. The molecule has 2 aliphatic rings. The van der Waals surface area contributed by atoms with Gasteiger partial charge in [-0.25, -0.2) is 0 Å². The Kier molecular flexibility index (Phi) is 3.47. The van der Waals surface area contributed by atoms with Gasteiger partial charge < -0.3 is 14.2 Å². The Labute approximate surface area is 99.7 Å². The SMILES string of the molecule is CCOC(=O)[C@H]1[C@H](C(=O)OCC)[C@H]2C=C[C@@H]1O2. The van der Waals surface area contributed by atoms with Gasteiger partial charge in [0.15, 0.2) is 0 Å². The quantitative estimate of drug-likeness (QED) is 0.534. The van der Waals surface area contributed by atoms with Crippen LogP contribution in [0.25, 0.3) is 0 Å². The molecule has 0 aromatic carbocycles. The summed E-state index contributed by atoms with van der Waals surface area (Å²) in [6, 6.07) is 0. The first-order valence-corrected chi connectivity index (χ1v) is 5.86. The summed E-state index contributed by atoms with van der Waals surface area (Å²) < 4.78 is 15.5. The van der Waals surface area contributed by atoms with Gasteiger partial charge in [0.25, 0.3) is 0 Å². The van der Waals surface area contributed by atoms with E-state index in [0.717, 1.165) is 0 Å². The highest BCUT2D eigenvalue weighted by molar-refractivity contribution is 5.85. The van der Waals surface area contributed by atoms with Crippen molar-refractivity contribution < 1.29 is 23.8 Å². The van der Waals surface area contributed by atoms with Gasteiger partial charge in [-0.3, -0.25) is 9.59 Å². The normalized spacial score (nSPS) is 33.8. The van der Waals surface area contributed by atoms with Crippen LogP contribution in [0.4, 0.5) is 0 Å². The molecule has 17 heavy (non-hydrogen) atoms. The number of carbonyl (C=O) groups excluding carboxylic acids is 2. The summed E-state index contributed by atoms with van der Waals surface area (Å²) in [7, 11) is 0. The van der Waals surface area contributed by atoms with Crippen LogP contribution in [0.15, 0.2) is 12.2 Å². The summed E-state index contributed by atoms with van der Waals surface area (Å²) in [5.74, 6) is -1.90. The van der Waals surface area contributed by atoms with E-state index in [2.05, 4.69) is 0 Å². The van der Waals surface area contributed by atoms with Gasteiger partial charge in [0.2, 0.25) is 0 Å². The van der Waals surface area contributed by atoms with Crippen molar-refractivity contribution in [3.63, 3.8) is 0 Å². The second-order valence-electron chi connectivity index (χ2n) is 4.01. The molecule has 94 valence electrons. The molecule has 5 heteroatoms. The Hall–Kier alpha value is -1.36. The second kappa shape index (κ2) is 4.87. The number of hydrogen-bond donors (Lipinski definition) is 0. The van der Waals surface area contributed by atoms with Crippen LogP contribution >= 0.6 is 0 Å². The average molecular weight is 240 g/mol. The first-order valence-electron chi connectivity index (χ1n) is 5.86. The van der Waals surface area contributed by atoms with E-state index in [1.807, 2.05) is 12.2 Å². The molecule has 5 nitrogen and oxygen atoms in total. The predicted octanol–water partition coefficient (Wildman–Crippen LogP) is 0.682. The van der Waals surface area contributed by atoms with Crippen molar-refractivity contribution in [2.45, 2.75) is 26.1 Å².